The SMILES string of the molecule is COc1ccc(Br)c2c1CNC(C(=O)O)C2. The van der Waals surface area contributed by atoms with Gasteiger partial charge in [-0.15, -0.1) is 0 Å². The number of nitrogens with one attached hydrogen (secondary N) is 1. The second-order valence-electron chi connectivity index (χ2n) is 3.68. The Balaban J connectivity index is 2.41. The fraction of sp³-hybridized carbons (Fsp3) is 0.364. The van der Waals surface area contributed by atoms with E-state index in [0.29, 0.717) is 13.0 Å². The van der Waals surface area contributed by atoms with Gasteiger partial charge in [-0.3, -0.25) is 10.1 Å². The summed E-state index contributed by atoms with van der Waals surface area (Å²) in [6.45, 7) is 0.523. The van der Waals surface area contributed by atoms with Gasteiger partial charge >= 0.3 is 5.97 Å². The lowest BCUT2D eigenvalue weighted by Crippen LogP contribution is -2.41. The van der Waals surface area contributed by atoms with Gasteiger partial charge in [0.15, 0.2) is 0 Å². The number of ether oxygens (including phenoxy) is 1. The van der Waals surface area contributed by atoms with E-state index in [2.05, 4.69) is 21.2 Å². The van der Waals surface area contributed by atoms with E-state index in [9.17, 15) is 4.79 Å². The van der Waals surface area contributed by atoms with Gasteiger partial charge in [0.1, 0.15) is 11.8 Å². The predicted molar refractivity (Wildman–Crippen MR) is 62.7 cm³/mol. The number of methoxy groups -OCH3 is 1. The van der Waals surface area contributed by atoms with E-state index >= 15 is 0 Å². The third-order valence-corrected chi connectivity index (χ3v) is 3.53. The number of carbonyl (C=O) groups is 1. The quantitative estimate of drug-likeness (QED) is 0.866. The Hall–Kier alpha value is -1.07. The number of rotatable bonds is 2. The van der Waals surface area contributed by atoms with Crippen LogP contribution in [0.5, 0.6) is 5.75 Å². The molecule has 1 aliphatic rings. The Morgan fingerprint density at radius 1 is 1.56 bits per heavy atom. The topological polar surface area (TPSA) is 58.6 Å². The minimum absolute atomic E-state index is 0.475. The van der Waals surface area contributed by atoms with E-state index < -0.39 is 12.0 Å². The van der Waals surface area contributed by atoms with E-state index in [1.165, 1.54) is 0 Å². The highest BCUT2D eigenvalue weighted by molar-refractivity contribution is 9.10. The van der Waals surface area contributed by atoms with Crippen LogP contribution in [0.1, 0.15) is 11.1 Å². The fourth-order valence-electron chi connectivity index (χ4n) is 1.92. The van der Waals surface area contributed by atoms with Crippen LogP contribution >= 0.6 is 15.9 Å². The molecule has 2 rings (SSSR count). The molecule has 4 nitrogen and oxygen atoms in total. The third kappa shape index (κ3) is 1.92. The Bertz CT molecular complexity index is 433. The van der Waals surface area contributed by atoms with Crippen LogP contribution in [0.4, 0.5) is 0 Å². The first-order chi connectivity index (χ1) is 7.63. The zero-order valence-electron chi connectivity index (χ0n) is 8.79. The van der Waals surface area contributed by atoms with Gasteiger partial charge in [0.05, 0.1) is 7.11 Å². The summed E-state index contributed by atoms with van der Waals surface area (Å²) in [5.74, 6) is -0.0186. The first kappa shape index (κ1) is 11.4. The van der Waals surface area contributed by atoms with Gasteiger partial charge in [0, 0.05) is 23.0 Å². The van der Waals surface area contributed by atoms with Crippen LogP contribution in [-0.2, 0) is 17.8 Å². The lowest BCUT2D eigenvalue weighted by molar-refractivity contribution is -0.139. The van der Waals surface area contributed by atoms with Crippen LogP contribution in [0, 0.1) is 0 Å². The highest BCUT2D eigenvalue weighted by Gasteiger charge is 2.26. The summed E-state index contributed by atoms with van der Waals surface area (Å²) in [6, 6.07) is 3.25. The minimum atomic E-state index is -0.819. The molecule has 1 aromatic carbocycles. The summed E-state index contributed by atoms with van der Waals surface area (Å²) in [7, 11) is 1.62. The predicted octanol–water partition coefficient (Wildman–Crippen LogP) is 1.56. The van der Waals surface area contributed by atoms with Gasteiger partial charge in [0.25, 0.3) is 0 Å². The van der Waals surface area contributed by atoms with Crippen molar-refractivity contribution in [1.82, 2.24) is 5.32 Å². The van der Waals surface area contributed by atoms with Gasteiger partial charge in [-0.1, -0.05) is 15.9 Å². The molecule has 0 fully saturated rings. The lowest BCUT2D eigenvalue weighted by atomic mass is 9.95. The molecule has 0 radical (unpaired) electrons. The summed E-state index contributed by atoms with van der Waals surface area (Å²) in [5.41, 5.74) is 2.06. The molecular formula is C11H12BrNO3. The molecule has 0 aromatic heterocycles. The van der Waals surface area contributed by atoms with Crippen LogP contribution in [0.15, 0.2) is 16.6 Å². The summed E-state index contributed by atoms with van der Waals surface area (Å²) >= 11 is 3.45. The van der Waals surface area contributed by atoms with E-state index in [-0.39, 0.29) is 0 Å². The fourth-order valence-corrected chi connectivity index (χ4v) is 2.46. The number of carboxylic acid groups (broad SMARTS) is 1. The van der Waals surface area contributed by atoms with Crippen LogP contribution in [0.3, 0.4) is 0 Å². The first-order valence-electron chi connectivity index (χ1n) is 4.94. The number of fused-ring (bicyclic) bond motifs is 1. The zero-order chi connectivity index (χ0) is 11.7. The standard InChI is InChI=1S/C11H12BrNO3/c1-16-10-3-2-8(12)6-4-9(11(14)15)13-5-7(6)10/h2-3,9,13H,4-5H2,1H3,(H,14,15). The van der Waals surface area contributed by atoms with Gasteiger partial charge in [-0.05, 0) is 17.7 Å². The summed E-state index contributed by atoms with van der Waals surface area (Å²) in [6.07, 6.45) is 0.475. The van der Waals surface area contributed by atoms with Crippen LogP contribution in [0.25, 0.3) is 0 Å². The molecule has 1 aliphatic heterocycles. The first-order valence-corrected chi connectivity index (χ1v) is 5.73. The van der Waals surface area contributed by atoms with Gasteiger partial charge in [-0.25, -0.2) is 0 Å². The molecule has 86 valence electrons. The molecule has 0 saturated carbocycles. The molecule has 0 saturated heterocycles. The average molecular weight is 286 g/mol. The highest BCUT2D eigenvalue weighted by Crippen LogP contribution is 2.32. The molecule has 1 heterocycles. The lowest BCUT2D eigenvalue weighted by Gasteiger charge is -2.25. The Kier molecular flexibility index (Phi) is 3.16. The molecule has 5 heteroatoms. The number of halogens is 1. The van der Waals surface area contributed by atoms with Crippen molar-refractivity contribution >= 4 is 21.9 Å². The van der Waals surface area contributed by atoms with Gasteiger partial charge < -0.3 is 9.84 Å². The van der Waals surface area contributed by atoms with Crippen molar-refractivity contribution in [2.75, 3.05) is 7.11 Å². The number of hydrogen-bond acceptors (Lipinski definition) is 3. The van der Waals surface area contributed by atoms with Crippen molar-refractivity contribution in [1.29, 1.82) is 0 Å². The van der Waals surface area contributed by atoms with Crippen molar-refractivity contribution in [2.24, 2.45) is 0 Å². The van der Waals surface area contributed by atoms with Crippen LogP contribution < -0.4 is 10.1 Å². The normalized spacial score (nSPS) is 19.0. The molecular weight excluding hydrogens is 274 g/mol. The Morgan fingerprint density at radius 3 is 2.94 bits per heavy atom. The Morgan fingerprint density at radius 2 is 2.31 bits per heavy atom. The van der Waals surface area contributed by atoms with E-state index in [0.717, 1.165) is 21.3 Å². The molecule has 1 unspecified atom stereocenters. The second-order valence-corrected chi connectivity index (χ2v) is 4.54. The third-order valence-electron chi connectivity index (χ3n) is 2.78. The van der Waals surface area contributed by atoms with E-state index in [1.54, 1.807) is 7.11 Å². The summed E-state index contributed by atoms with van der Waals surface area (Å²) in [4.78, 5) is 10.9. The van der Waals surface area contributed by atoms with Crippen molar-refractivity contribution < 1.29 is 14.6 Å². The maximum atomic E-state index is 10.9. The Labute approximate surface area is 102 Å². The van der Waals surface area contributed by atoms with Crippen LogP contribution in [0.2, 0.25) is 0 Å². The van der Waals surface area contributed by atoms with Gasteiger partial charge in [-0.2, -0.15) is 0 Å². The number of hydrogen-bond donors (Lipinski definition) is 2. The second kappa shape index (κ2) is 4.43. The molecule has 0 bridgehead atoms. The summed E-state index contributed by atoms with van der Waals surface area (Å²) in [5, 5.41) is 11.9. The molecule has 16 heavy (non-hydrogen) atoms. The maximum Gasteiger partial charge on any atom is 0.321 e. The van der Waals surface area contributed by atoms with Crippen molar-refractivity contribution in [3.8, 4) is 5.75 Å². The zero-order valence-corrected chi connectivity index (χ0v) is 10.4. The van der Waals surface area contributed by atoms with Gasteiger partial charge in [0.2, 0.25) is 0 Å². The largest absolute Gasteiger partial charge is 0.496 e. The van der Waals surface area contributed by atoms with Crippen molar-refractivity contribution in [3.05, 3.63) is 27.7 Å². The van der Waals surface area contributed by atoms with E-state index in [1.807, 2.05) is 12.1 Å². The van der Waals surface area contributed by atoms with Crippen molar-refractivity contribution in [3.63, 3.8) is 0 Å². The molecule has 2 N–H and O–H groups in total. The van der Waals surface area contributed by atoms with Crippen molar-refractivity contribution in [2.45, 2.75) is 19.0 Å². The van der Waals surface area contributed by atoms with E-state index in [4.69, 9.17) is 9.84 Å². The molecule has 1 atom stereocenters. The number of aliphatic carboxylic acids is 1. The smallest absolute Gasteiger partial charge is 0.321 e. The average Bonchev–Trinajstić information content (AvgIpc) is 2.29. The monoisotopic (exact) mass is 285 g/mol. The summed E-state index contributed by atoms with van der Waals surface area (Å²) < 4.78 is 6.20. The molecule has 1 aromatic rings. The minimum Gasteiger partial charge on any atom is -0.496 e. The number of benzene rings is 1. The number of carboxylic acids is 1. The molecule has 0 aliphatic carbocycles. The van der Waals surface area contributed by atoms with Crippen LogP contribution in [-0.4, -0.2) is 24.2 Å². The molecule has 0 spiro atoms. The highest BCUT2D eigenvalue weighted by atomic mass is 79.9. The molecule has 0 amide bonds. The maximum absolute atomic E-state index is 10.9.